The van der Waals surface area contributed by atoms with Gasteiger partial charge < -0.3 is 10.6 Å². The van der Waals surface area contributed by atoms with Crippen molar-refractivity contribution in [3.8, 4) is 0 Å². The average molecular weight is 166 g/mol. The fraction of sp³-hybridized carbons (Fsp3) is 0.600. The molecule has 0 radical (unpaired) electrons. The normalized spacial score (nSPS) is 19.8. The molecule has 1 fully saturated rings. The van der Waals surface area contributed by atoms with E-state index in [1.54, 1.807) is 0 Å². The van der Waals surface area contributed by atoms with E-state index in [4.69, 9.17) is 0 Å². The van der Waals surface area contributed by atoms with Crippen molar-refractivity contribution in [1.82, 2.24) is 10.6 Å². The summed E-state index contributed by atoms with van der Waals surface area (Å²) in [6, 6.07) is 0.620. The summed E-state index contributed by atoms with van der Waals surface area (Å²) >= 11 is 0. The first kappa shape index (κ1) is 9.33. The van der Waals surface area contributed by atoms with Crippen molar-refractivity contribution in [2.24, 2.45) is 0 Å². The molecule has 0 unspecified atom stereocenters. The quantitative estimate of drug-likeness (QED) is 0.620. The summed E-state index contributed by atoms with van der Waals surface area (Å²) in [5, 5.41) is 6.73. The summed E-state index contributed by atoms with van der Waals surface area (Å²) in [6.45, 7) is 8.18. The summed E-state index contributed by atoms with van der Waals surface area (Å²) in [6.07, 6.45) is 6.44. The Morgan fingerprint density at radius 2 is 2.17 bits per heavy atom. The van der Waals surface area contributed by atoms with Crippen LogP contribution in [-0.4, -0.2) is 19.1 Å². The van der Waals surface area contributed by atoms with Crippen molar-refractivity contribution in [1.29, 1.82) is 0 Å². The predicted octanol–water partition coefficient (Wildman–Crippen LogP) is 1.42. The van der Waals surface area contributed by atoms with Crippen LogP contribution in [0.4, 0.5) is 0 Å². The van der Waals surface area contributed by atoms with Crippen molar-refractivity contribution < 1.29 is 0 Å². The van der Waals surface area contributed by atoms with Gasteiger partial charge in [-0.25, -0.2) is 0 Å². The van der Waals surface area contributed by atoms with Crippen LogP contribution in [0.25, 0.3) is 0 Å². The van der Waals surface area contributed by atoms with E-state index in [1.165, 1.54) is 12.8 Å². The Kier molecular flexibility index (Phi) is 3.88. The molecule has 0 aromatic carbocycles. The fourth-order valence-electron chi connectivity index (χ4n) is 1.48. The average Bonchev–Trinajstić information content (AvgIpc) is 2.06. The molecule has 0 spiro atoms. The van der Waals surface area contributed by atoms with Gasteiger partial charge in [0, 0.05) is 11.7 Å². The lowest BCUT2D eigenvalue weighted by atomic mass is 10.1. The Morgan fingerprint density at radius 3 is 2.75 bits per heavy atom. The van der Waals surface area contributed by atoms with Crippen LogP contribution in [0.2, 0.25) is 0 Å². The van der Waals surface area contributed by atoms with E-state index in [2.05, 4.69) is 17.2 Å². The highest BCUT2D eigenvalue weighted by Crippen LogP contribution is 2.04. The van der Waals surface area contributed by atoms with E-state index in [0.29, 0.717) is 6.04 Å². The molecule has 0 atom stereocenters. The van der Waals surface area contributed by atoms with Gasteiger partial charge in [-0.15, -0.1) is 0 Å². The topological polar surface area (TPSA) is 24.1 Å². The van der Waals surface area contributed by atoms with Crippen molar-refractivity contribution >= 4 is 0 Å². The second-order valence-corrected chi connectivity index (χ2v) is 3.19. The third kappa shape index (κ3) is 3.09. The third-order valence-corrected chi connectivity index (χ3v) is 2.10. The molecular weight excluding hydrogens is 148 g/mol. The van der Waals surface area contributed by atoms with Gasteiger partial charge >= 0.3 is 0 Å². The van der Waals surface area contributed by atoms with Gasteiger partial charge in [-0.3, -0.25) is 0 Å². The zero-order valence-electron chi connectivity index (χ0n) is 7.77. The highest BCUT2D eigenvalue weighted by atomic mass is 15.0. The number of allylic oxidation sites excluding steroid dienone is 2. The Bertz CT molecular complexity index is 167. The summed E-state index contributed by atoms with van der Waals surface area (Å²) in [5.74, 6) is 0. The van der Waals surface area contributed by atoms with Gasteiger partial charge in [0.25, 0.3) is 0 Å². The fourth-order valence-corrected chi connectivity index (χ4v) is 1.48. The molecule has 0 saturated carbocycles. The second-order valence-electron chi connectivity index (χ2n) is 3.19. The predicted molar refractivity (Wildman–Crippen MR) is 53.0 cm³/mol. The van der Waals surface area contributed by atoms with Gasteiger partial charge in [0.15, 0.2) is 0 Å². The Balaban J connectivity index is 2.24. The maximum Gasteiger partial charge on any atom is 0.0285 e. The van der Waals surface area contributed by atoms with Crippen molar-refractivity contribution in [2.75, 3.05) is 13.1 Å². The summed E-state index contributed by atoms with van der Waals surface area (Å²) in [5.41, 5.74) is 1.03. The molecule has 0 aromatic rings. The van der Waals surface area contributed by atoms with Gasteiger partial charge in [-0.05, 0) is 38.9 Å². The molecule has 1 aliphatic heterocycles. The van der Waals surface area contributed by atoms with Crippen LogP contribution in [0.5, 0.6) is 0 Å². The van der Waals surface area contributed by atoms with Gasteiger partial charge in [0.1, 0.15) is 0 Å². The number of nitrogens with one attached hydrogen (secondary N) is 2. The van der Waals surface area contributed by atoms with Crippen LogP contribution >= 0.6 is 0 Å². The molecule has 1 aliphatic rings. The molecule has 0 aromatic heterocycles. The maximum absolute atomic E-state index is 3.92. The van der Waals surface area contributed by atoms with Gasteiger partial charge in [0.2, 0.25) is 0 Å². The van der Waals surface area contributed by atoms with E-state index in [1.807, 2.05) is 19.1 Å². The number of piperidine rings is 1. The van der Waals surface area contributed by atoms with Crippen LogP contribution in [0.3, 0.4) is 0 Å². The van der Waals surface area contributed by atoms with Crippen LogP contribution in [0.1, 0.15) is 19.8 Å². The Morgan fingerprint density at radius 1 is 1.50 bits per heavy atom. The zero-order chi connectivity index (χ0) is 8.81. The van der Waals surface area contributed by atoms with Crippen LogP contribution in [-0.2, 0) is 0 Å². The molecule has 2 nitrogen and oxygen atoms in total. The van der Waals surface area contributed by atoms with E-state index in [9.17, 15) is 0 Å². The molecule has 1 saturated heterocycles. The van der Waals surface area contributed by atoms with Crippen molar-refractivity contribution in [2.45, 2.75) is 25.8 Å². The van der Waals surface area contributed by atoms with E-state index in [0.717, 1.165) is 18.8 Å². The van der Waals surface area contributed by atoms with E-state index >= 15 is 0 Å². The molecule has 1 heterocycles. The molecule has 0 amide bonds. The first-order chi connectivity index (χ1) is 5.83. The Labute approximate surface area is 74.7 Å². The van der Waals surface area contributed by atoms with Crippen LogP contribution in [0.15, 0.2) is 24.4 Å². The lowest BCUT2D eigenvalue weighted by Gasteiger charge is -2.24. The molecular formula is C10H18N2. The highest BCUT2D eigenvalue weighted by Gasteiger charge is 2.11. The van der Waals surface area contributed by atoms with Crippen molar-refractivity contribution in [3.05, 3.63) is 24.4 Å². The van der Waals surface area contributed by atoms with Gasteiger partial charge in [0.05, 0.1) is 0 Å². The number of hydrogen-bond donors (Lipinski definition) is 2. The molecule has 68 valence electrons. The molecule has 12 heavy (non-hydrogen) atoms. The second kappa shape index (κ2) is 4.99. The molecule has 0 aliphatic carbocycles. The lowest BCUT2D eigenvalue weighted by Crippen LogP contribution is -2.39. The summed E-state index contributed by atoms with van der Waals surface area (Å²) in [7, 11) is 0. The first-order valence-electron chi connectivity index (χ1n) is 4.62. The largest absolute Gasteiger partial charge is 0.383 e. The zero-order valence-corrected chi connectivity index (χ0v) is 7.77. The molecule has 2 heteroatoms. The first-order valence-corrected chi connectivity index (χ1v) is 4.62. The molecule has 2 N–H and O–H groups in total. The minimum Gasteiger partial charge on any atom is -0.383 e. The minimum atomic E-state index is 0.620. The van der Waals surface area contributed by atoms with Gasteiger partial charge in [-0.1, -0.05) is 12.7 Å². The monoisotopic (exact) mass is 166 g/mol. The maximum atomic E-state index is 3.92. The third-order valence-electron chi connectivity index (χ3n) is 2.10. The van der Waals surface area contributed by atoms with Gasteiger partial charge in [-0.2, -0.15) is 0 Å². The van der Waals surface area contributed by atoms with E-state index < -0.39 is 0 Å². The summed E-state index contributed by atoms with van der Waals surface area (Å²) < 4.78 is 0. The molecule has 1 rings (SSSR count). The van der Waals surface area contributed by atoms with Crippen LogP contribution < -0.4 is 10.6 Å². The lowest BCUT2D eigenvalue weighted by molar-refractivity contribution is 0.415. The number of hydrogen-bond acceptors (Lipinski definition) is 2. The Hall–Kier alpha value is -0.760. The minimum absolute atomic E-state index is 0.620. The molecule has 0 bridgehead atoms. The summed E-state index contributed by atoms with van der Waals surface area (Å²) in [4.78, 5) is 0. The van der Waals surface area contributed by atoms with Crippen molar-refractivity contribution in [3.63, 3.8) is 0 Å². The number of rotatable bonds is 3. The van der Waals surface area contributed by atoms with E-state index in [-0.39, 0.29) is 0 Å². The SMILES string of the molecule is C=C(/C=C\C)NC1CCNCC1. The highest BCUT2D eigenvalue weighted by molar-refractivity contribution is 5.12. The van der Waals surface area contributed by atoms with Crippen LogP contribution in [0, 0.1) is 0 Å². The standard InChI is InChI=1S/C10H18N2/c1-3-4-9(2)12-10-5-7-11-8-6-10/h3-4,10-12H,2,5-8H2,1H3/b4-3-. The smallest absolute Gasteiger partial charge is 0.0285 e.